The van der Waals surface area contributed by atoms with Crippen molar-refractivity contribution >= 4 is 52.2 Å². The Hall–Kier alpha value is -2.58. The molecule has 6 nitrogen and oxygen atoms in total. The molecule has 0 unspecified atom stereocenters. The Kier molecular flexibility index (Phi) is 11.1. The number of amides is 3. The number of benzene rings is 2. The van der Waals surface area contributed by atoms with E-state index in [4.69, 9.17) is 27.9 Å². The summed E-state index contributed by atoms with van der Waals surface area (Å²) in [6.07, 6.45) is 0.603. The molecule has 0 aliphatic rings. The van der Waals surface area contributed by atoms with Gasteiger partial charge in [0, 0.05) is 36.2 Å². The number of aryl methyl sites for hydroxylation is 1. The Morgan fingerprint density at radius 3 is 2.47 bits per heavy atom. The Bertz CT molecular complexity index is 1140. The number of urea groups is 1. The van der Waals surface area contributed by atoms with Gasteiger partial charge in [0.1, 0.15) is 6.54 Å². The number of ether oxygens (including phenoxy) is 1. The maximum Gasteiger partial charge on any atom is 0.322 e. The maximum atomic E-state index is 13.6. The zero-order chi connectivity index (χ0) is 25.9. The van der Waals surface area contributed by atoms with E-state index in [1.165, 1.54) is 4.90 Å². The van der Waals surface area contributed by atoms with E-state index in [1.54, 1.807) is 34.4 Å². The van der Waals surface area contributed by atoms with Gasteiger partial charge < -0.3 is 19.9 Å². The number of thiophene rings is 1. The summed E-state index contributed by atoms with van der Waals surface area (Å²) in [6, 6.07) is 16.4. The van der Waals surface area contributed by atoms with E-state index in [0.29, 0.717) is 55.0 Å². The number of carbonyl (C=O) groups excluding carboxylic acids is 2. The molecule has 3 amide bonds. The SMILES string of the molecule is CCOCCCN(CC(=O)N(Cc1ccccc1)Cc1sccc1C)C(=O)Nc1ccc(Cl)cc1Cl. The summed E-state index contributed by atoms with van der Waals surface area (Å²) in [4.78, 5) is 31.2. The highest BCUT2D eigenvalue weighted by Crippen LogP contribution is 2.26. The number of anilines is 1. The van der Waals surface area contributed by atoms with E-state index in [-0.39, 0.29) is 12.5 Å². The van der Waals surface area contributed by atoms with Crippen molar-refractivity contribution < 1.29 is 14.3 Å². The van der Waals surface area contributed by atoms with Gasteiger partial charge in [-0.15, -0.1) is 11.3 Å². The first-order chi connectivity index (χ1) is 17.4. The van der Waals surface area contributed by atoms with Gasteiger partial charge in [-0.25, -0.2) is 4.79 Å². The van der Waals surface area contributed by atoms with Crippen LogP contribution in [0.5, 0.6) is 0 Å². The minimum Gasteiger partial charge on any atom is -0.382 e. The van der Waals surface area contributed by atoms with Crippen molar-refractivity contribution in [2.75, 3.05) is 31.6 Å². The predicted octanol–water partition coefficient (Wildman–Crippen LogP) is 6.85. The van der Waals surface area contributed by atoms with Crippen LogP contribution in [0.1, 0.15) is 29.3 Å². The van der Waals surface area contributed by atoms with Crippen LogP contribution in [0.4, 0.5) is 10.5 Å². The maximum absolute atomic E-state index is 13.6. The highest BCUT2D eigenvalue weighted by Gasteiger charge is 2.23. The van der Waals surface area contributed by atoms with Gasteiger partial charge in [-0.1, -0.05) is 53.5 Å². The number of nitrogens with zero attached hydrogens (tertiary/aromatic N) is 2. The average Bonchev–Trinajstić information content (AvgIpc) is 3.27. The highest BCUT2D eigenvalue weighted by atomic mass is 35.5. The molecule has 3 rings (SSSR count). The molecule has 3 aromatic rings. The first-order valence-corrected chi connectivity index (χ1v) is 13.4. The zero-order valence-corrected chi connectivity index (χ0v) is 22.8. The normalized spacial score (nSPS) is 10.8. The van der Waals surface area contributed by atoms with Crippen LogP contribution in [0.25, 0.3) is 0 Å². The third kappa shape index (κ3) is 8.52. The molecule has 0 aliphatic heterocycles. The molecule has 0 radical (unpaired) electrons. The molecule has 0 fully saturated rings. The smallest absolute Gasteiger partial charge is 0.322 e. The Balaban J connectivity index is 1.77. The molecular formula is C27H31Cl2N3O3S. The minimum absolute atomic E-state index is 0.0690. The van der Waals surface area contributed by atoms with Crippen LogP contribution < -0.4 is 5.32 Å². The molecule has 0 bridgehead atoms. The Morgan fingerprint density at radius 2 is 1.81 bits per heavy atom. The van der Waals surface area contributed by atoms with Crippen LogP contribution in [0.2, 0.25) is 10.0 Å². The van der Waals surface area contributed by atoms with Gasteiger partial charge in [0.25, 0.3) is 0 Å². The Labute approximate surface area is 226 Å². The largest absolute Gasteiger partial charge is 0.382 e. The summed E-state index contributed by atoms with van der Waals surface area (Å²) in [7, 11) is 0. The van der Waals surface area contributed by atoms with E-state index >= 15 is 0 Å². The van der Waals surface area contributed by atoms with Gasteiger partial charge >= 0.3 is 6.03 Å². The molecule has 0 saturated heterocycles. The standard InChI is InChI=1S/C27H31Cl2N3O3S/c1-3-35-14-7-13-31(27(34)30-24-11-10-22(28)16-23(24)29)19-26(33)32(17-21-8-5-4-6-9-21)18-25-20(2)12-15-36-25/h4-6,8-12,15-16H,3,7,13-14,17-19H2,1-2H3,(H,30,34). The van der Waals surface area contributed by atoms with Crippen molar-refractivity contribution in [2.45, 2.75) is 33.4 Å². The molecule has 36 heavy (non-hydrogen) atoms. The van der Waals surface area contributed by atoms with E-state index in [1.807, 2.05) is 49.6 Å². The first kappa shape index (κ1) is 28.0. The quantitative estimate of drug-likeness (QED) is 0.252. The predicted molar refractivity (Wildman–Crippen MR) is 148 cm³/mol. The number of nitrogens with one attached hydrogen (secondary N) is 1. The second-order valence-electron chi connectivity index (χ2n) is 8.29. The average molecular weight is 549 g/mol. The second kappa shape index (κ2) is 14.2. The third-order valence-corrected chi connectivity index (χ3v) is 7.13. The van der Waals surface area contributed by atoms with Crippen molar-refractivity contribution in [3.05, 3.63) is 86.0 Å². The topological polar surface area (TPSA) is 61.9 Å². The van der Waals surface area contributed by atoms with Crippen LogP contribution in [-0.2, 0) is 22.6 Å². The number of rotatable bonds is 12. The van der Waals surface area contributed by atoms with Crippen molar-refractivity contribution in [1.29, 1.82) is 0 Å². The number of hydrogen-bond acceptors (Lipinski definition) is 4. The monoisotopic (exact) mass is 547 g/mol. The van der Waals surface area contributed by atoms with E-state index in [9.17, 15) is 9.59 Å². The zero-order valence-electron chi connectivity index (χ0n) is 20.5. The molecular weight excluding hydrogens is 517 g/mol. The van der Waals surface area contributed by atoms with Crippen molar-refractivity contribution in [1.82, 2.24) is 9.80 Å². The summed E-state index contributed by atoms with van der Waals surface area (Å²) in [5.74, 6) is -0.139. The fraction of sp³-hybridized carbons (Fsp3) is 0.333. The fourth-order valence-electron chi connectivity index (χ4n) is 3.58. The lowest BCUT2D eigenvalue weighted by molar-refractivity contribution is -0.133. The summed E-state index contributed by atoms with van der Waals surface area (Å²) >= 11 is 13.9. The minimum atomic E-state index is -0.406. The number of halogens is 2. The van der Waals surface area contributed by atoms with Crippen LogP contribution in [0, 0.1) is 6.92 Å². The van der Waals surface area contributed by atoms with Crippen LogP contribution in [0.15, 0.2) is 60.0 Å². The lowest BCUT2D eigenvalue weighted by Gasteiger charge is -2.28. The van der Waals surface area contributed by atoms with E-state index in [0.717, 1.165) is 16.0 Å². The van der Waals surface area contributed by atoms with E-state index in [2.05, 4.69) is 11.4 Å². The summed E-state index contributed by atoms with van der Waals surface area (Å²) in [5.41, 5.74) is 2.61. The number of carbonyl (C=O) groups is 2. The molecule has 0 atom stereocenters. The van der Waals surface area contributed by atoms with Crippen LogP contribution >= 0.6 is 34.5 Å². The molecule has 1 aromatic heterocycles. The molecule has 192 valence electrons. The molecule has 0 saturated carbocycles. The van der Waals surface area contributed by atoms with Gasteiger partial charge in [0.2, 0.25) is 5.91 Å². The van der Waals surface area contributed by atoms with Gasteiger partial charge in [-0.05, 0) is 61.0 Å². The molecule has 9 heteroatoms. The lowest BCUT2D eigenvalue weighted by atomic mass is 10.2. The molecule has 1 N–H and O–H groups in total. The second-order valence-corrected chi connectivity index (χ2v) is 10.1. The molecule has 0 spiro atoms. The first-order valence-electron chi connectivity index (χ1n) is 11.8. The van der Waals surface area contributed by atoms with E-state index < -0.39 is 6.03 Å². The summed E-state index contributed by atoms with van der Waals surface area (Å²) in [6.45, 7) is 6.28. The van der Waals surface area contributed by atoms with Crippen molar-refractivity contribution in [3.63, 3.8) is 0 Å². The van der Waals surface area contributed by atoms with Crippen molar-refractivity contribution in [2.24, 2.45) is 0 Å². The third-order valence-electron chi connectivity index (χ3n) is 5.58. The van der Waals surface area contributed by atoms with Gasteiger partial charge in [-0.3, -0.25) is 4.79 Å². The number of hydrogen-bond donors (Lipinski definition) is 1. The van der Waals surface area contributed by atoms with Gasteiger partial charge in [0.05, 0.1) is 17.3 Å². The van der Waals surface area contributed by atoms with Crippen molar-refractivity contribution in [3.8, 4) is 0 Å². The molecule has 2 aromatic carbocycles. The van der Waals surface area contributed by atoms with Crippen LogP contribution in [-0.4, -0.2) is 48.0 Å². The Morgan fingerprint density at radius 1 is 1.03 bits per heavy atom. The molecule has 1 heterocycles. The highest BCUT2D eigenvalue weighted by molar-refractivity contribution is 7.10. The van der Waals surface area contributed by atoms with Gasteiger partial charge in [-0.2, -0.15) is 0 Å². The lowest BCUT2D eigenvalue weighted by Crippen LogP contribution is -2.44. The van der Waals surface area contributed by atoms with Crippen LogP contribution in [0.3, 0.4) is 0 Å². The fourth-order valence-corrected chi connectivity index (χ4v) is 4.95. The van der Waals surface area contributed by atoms with Gasteiger partial charge in [0.15, 0.2) is 0 Å². The summed E-state index contributed by atoms with van der Waals surface area (Å²) < 4.78 is 5.44. The molecule has 0 aliphatic carbocycles. The summed E-state index contributed by atoms with van der Waals surface area (Å²) in [5, 5.41) is 5.64.